The molecule has 0 spiro atoms. The minimum absolute atomic E-state index is 0.250. The fourth-order valence-corrected chi connectivity index (χ4v) is 3.13. The number of fused-ring (bicyclic) bond motifs is 3. The van der Waals surface area contributed by atoms with Gasteiger partial charge in [-0.05, 0) is 40.3 Å². The van der Waals surface area contributed by atoms with Gasteiger partial charge >= 0.3 is 0 Å². The Bertz CT molecular complexity index is 839. The Morgan fingerprint density at radius 2 is 1.48 bits per heavy atom. The Morgan fingerprint density at radius 3 is 2.22 bits per heavy atom. The van der Waals surface area contributed by atoms with E-state index in [1.54, 1.807) is 0 Å². The molecule has 23 heavy (non-hydrogen) atoms. The van der Waals surface area contributed by atoms with Gasteiger partial charge in [0, 0.05) is 5.56 Å². The summed E-state index contributed by atoms with van der Waals surface area (Å²) >= 11 is 0. The Labute approximate surface area is 134 Å². The number of carbonyl (C=O) groups is 1. The Hall–Kier alpha value is -3.07. The third-order valence-corrected chi connectivity index (χ3v) is 4.03. The SMILES string of the molecule is O=CO.Oc1ccc2c(c1-c1ccccc1)Cc1ccccc1-2. The second kappa shape index (κ2) is 6.36. The zero-order valence-electron chi connectivity index (χ0n) is 12.4. The van der Waals surface area contributed by atoms with Gasteiger partial charge in [-0.25, -0.2) is 0 Å². The second-order valence-electron chi connectivity index (χ2n) is 5.29. The minimum Gasteiger partial charge on any atom is -0.507 e. The molecular formula is C20H16O3. The highest BCUT2D eigenvalue weighted by atomic mass is 16.3. The van der Waals surface area contributed by atoms with Gasteiger partial charge < -0.3 is 10.2 Å². The van der Waals surface area contributed by atoms with Crippen molar-refractivity contribution in [2.24, 2.45) is 0 Å². The predicted molar refractivity (Wildman–Crippen MR) is 90.5 cm³/mol. The first-order chi connectivity index (χ1) is 11.3. The number of benzene rings is 3. The molecule has 0 bridgehead atoms. The lowest BCUT2D eigenvalue weighted by molar-refractivity contribution is -0.122. The van der Waals surface area contributed by atoms with E-state index in [9.17, 15) is 5.11 Å². The van der Waals surface area contributed by atoms with Crippen LogP contribution in [-0.2, 0) is 11.2 Å². The molecule has 1 aliphatic carbocycles. The van der Waals surface area contributed by atoms with E-state index >= 15 is 0 Å². The molecule has 3 heteroatoms. The van der Waals surface area contributed by atoms with Crippen molar-refractivity contribution in [1.29, 1.82) is 0 Å². The van der Waals surface area contributed by atoms with E-state index in [1.807, 2.05) is 30.3 Å². The molecule has 0 heterocycles. The zero-order valence-corrected chi connectivity index (χ0v) is 12.4. The maximum absolute atomic E-state index is 10.3. The van der Waals surface area contributed by atoms with Crippen LogP contribution in [0.5, 0.6) is 5.75 Å². The maximum atomic E-state index is 10.3. The first kappa shape index (κ1) is 14.9. The van der Waals surface area contributed by atoms with Gasteiger partial charge in [-0.2, -0.15) is 0 Å². The summed E-state index contributed by atoms with van der Waals surface area (Å²) in [6.07, 6.45) is 0.893. The van der Waals surface area contributed by atoms with Crippen molar-refractivity contribution >= 4 is 6.47 Å². The normalized spacial score (nSPS) is 11.0. The van der Waals surface area contributed by atoms with Crippen molar-refractivity contribution in [2.75, 3.05) is 0 Å². The van der Waals surface area contributed by atoms with Crippen molar-refractivity contribution in [3.05, 3.63) is 77.9 Å². The first-order valence-electron chi connectivity index (χ1n) is 7.32. The Morgan fingerprint density at radius 1 is 0.826 bits per heavy atom. The molecule has 1 aliphatic rings. The van der Waals surface area contributed by atoms with E-state index in [0.717, 1.165) is 17.5 Å². The van der Waals surface area contributed by atoms with E-state index < -0.39 is 0 Å². The van der Waals surface area contributed by atoms with Gasteiger partial charge in [-0.15, -0.1) is 0 Å². The third kappa shape index (κ3) is 2.69. The summed E-state index contributed by atoms with van der Waals surface area (Å²) in [5.41, 5.74) is 7.16. The predicted octanol–water partition coefficient (Wildman–Crippen LogP) is 4.33. The Balaban J connectivity index is 0.000000485. The Kier molecular flexibility index (Phi) is 4.11. The van der Waals surface area contributed by atoms with Crippen LogP contribution in [0.2, 0.25) is 0 Å². The fourth-order valence-electron chi connectivity index (χ4n) is 3.13. The van der Waals surface area contributed by atoms with Crippen LogP contribution in [0.25, 0.3) is 22.3 Å². The molecule has 0 radical (unpaired) electrons. The van der Waals surface area contributed by atoms with E-state index in [-0.39, 0.29) is 6.47 Å². The molecule has 0 saturated carbocycles. The lowest BCUT2D eigenvalue weighted by Gasteiger charge is -2.11. The highest BCUT2D eigenvalue weighted by Gasteiger charge is 2.23. The van der Waals surface area contributed by atoms with Crippen LogP contribution in [-0.4, -0.2) is 16.7 Å². The van der Waals surface area contributed by atoms with Crippen molar-refractivity contribution in [3.8, 4) is 28.0 Å². The number of phenols is 1. The van der Waals surface area contributed by atoms with Gasteiger partial charge in [0.1, 0.15) is 5.75 Å². The second-order valence-corrected chi connectivity index (χ2v) is 5.29. The third-order valence-electron chi connectivity index (χ3n) is 4.03. The molecule has 0 unspecified atom stereocenters. The van der Waals surface area contributed by atoms with Crippen LogP contribution < -0.4 is 0 Å². The van der Waals surface area contributed by atoms with Gasteiger partial charge in [0.25, 0.3) is 6.47 Å². The largest absolute Gasteiger partial charge is 0.507 e. The number of hydrogen-bond acceptors (Lipinski definition) is 2. The molecular weight excluding hydrogens is 288 g/mol. The number of rotatable bonds is 1. The van der Waals surface area contributed by atoms with Crippen LogP contribution in [0, 0.1) is 0 Å². The molecule has 0 aromatic heterocycles. The molecule has 0 amide bonds. The van der Waals surface area contributed by atoms with Gasteiger partial charge in [-0.3, -0.25) is 4.79 Å². The minimum atomic E-state index is -0.250. The van der Waals surface area contributed by atoms with E-state index in [1.165, 1.54) is 22.3 Å². The lowest BCUT2D eigenvalue weighted by atomic mass is 9.95. The summed E-state index contributed by atoms with van der Waals surface area (Å²) in [7, 11) is 0. The molecule has 3 aromatic carbocycles. The van der Waals surface area contributed by atoms with Crippen LogP contribution >= 0.6 is 0 Å². The number of hydrogen-bond donors (Lipinski definition) is 2. The number of phenolic OH excluding ortho intramolecular Hbond substituents is 1. The molecule has 0 fully saturated rings. The van der Waals surface area contributed by atoms with Gasteiger partial charge in [0.15, 0.2) is 0 Å². The topological polar surface area (TPSA) is 57.5 Å². The first-order valence-corrected chi connectivity index (χ1v) is 7.32. The van der Waals surface area contributed by atoms with Crippen LogP contribution in [0.15, 0.2) is 66.7 Å². The van der Waals surface area contributed by atoms with Gasteiger partial charge in [0.05, 0.1) is 0 Å². The van der Waals surface area contributed by atoms with Crippen molar-refractivity contribution in [3.63, 3.8) is 0 Å². The summed E-state index contributed by atoms with van der Waals surface area (Å²) in [4.78, 5) is 8.36. The zero-order chi connectivity index (χ0) is 16.2. The molecule has 0 saturated heterocycles. The lowest BCUT2D eigenvalue weighted by Crippen LogP contribution is -1.88. The van der Waals surface area contributed by atoms with Crippen molar-refractivity contribution in [1.82, 2.24) is 0 Å². The van der Waals surface area contributed by atoms with E-state index in [4.69, 9.17) is 9.90 Å². The average molecular weight is 304 g/mol. The summed E-state index contributed by atoms with van der Waals surface area (Å²) in [5.74, 6) is 0.364. The van der Waals surface area contributed by atoms with Gasteiger partial charge in [-0.1, -0.05) is 60.7 Å². The van der Waals surface area contributed by atoms with E-state index in [0.29, 0.717) is 5.75 Å². The summed E-state index contributed by atoms with van der Waals surface area (Å²) in [6.45, 7) is -0.250. The van der Waals surface area contributed by atoms with Crippen LogP contribution in [0.4, 0.5) is 0 Å². The average Bonchev–Trinajstić information content (AvgIpc) is 2.94. The maximum Gasteiger partial charge on any atom is 0.290 e. The molecule has 3 nitrogen and oxygen atoms in total. The standard InChI is InChI=1S/C19H14O.CH2O2/c20-18-11-10-16-15-9-5-4-8-14(15)12-17(16)19(18)13-6-2-1-3-7-13;2-1-3/h1-11,20H,12H2;1H,(H,2,3). The van der Waals surface area contributed by atoms with Crippen LogP contribution in [0.3, 0.4) is 0 Å². The highest BCUT2D eigenvalue weighted by Crippen LogP contribution is 2.45. The summed E-state index contributed by atoms with van der Waals surface area (Å²) in [6, 6.07) is 22.4. The summed E-state index contributed by atoms with van der Waals surface area (Å²) in [5, 5.41) is 17.2. The van der Waals surface area contributed by atoms with Crippen molar-refractivity contribution in [2.45, 2.75) is 6.42 Å². The summed E-state index contributed by atoms with van der Waals surface area (Å²) < 4.78 is 0. The molecule has 3 aromatic rings. The smallest absolute Gasteiger partial charge is 0.290 e. The molecule has 0 atom stereocenters. The molecule has 4 rings (SSSR count). The molecule has 114 valence electrons. The quantitative estimate of drug-likeness (QED) is 0.515. The van der Waals surface area contributed by atoms with Crippen molar-refractivity contribution < 1.29 is 15.0 Å². The monoisotopic (exact) mass is 304 g/mol. The highest BCUT2D eigenvalue weighted by molar-refractivity contribution is 5.87. The van der Waals surface area contributed by atoms with Gasteiger partial charge in [0.2, 0.25) is 0 Å². The number of aromatic hydroxyl groups is 1. The van der Waals surface area contributed by atoms with E-state index in [2.05, 4.69) is 36.4 Å². The van der Waals surface area contributed by atoms with Crippen LogP contribution in [0.1, 0.15) is 11.1 Å². The number of carboxylic acid groups (broad SMARTS) is 1. The molecule has 0 aliphatic heterocycles. The fraction of sp³-hybridized carbons (Fsp3) is 0.0500. The molecule has 2 N–H and O–H groups in total.